The lowest BCUT2D eigenvalue weighted by atomic mass is 10.2. The maximum Gasteiger partial charge on any atom is 0.282 e. The minimum absolute atomic E-state index is 0.118. The first-order valence-corrected chi connectivity index (χ1v) is 11.2. The fourth-order valence-corrected chi connectivity index (χ4v) is 5.63. The molecule has 0 radical (unpaired) electrons. The number of carbonyl (C=O) groups excluding carboxylic acids is 1. The summed E-state index contributed by atoms with van der Waals surface area (Å²) in [5.41, 5.74) is 2.05. The van der Waals surface area contributed by atoms with Crippen molar-refractivity contribution in [2.45, 2.75) is 25.7 Å². The summed E-state index contributed by atoms with van der Waals surface area (Å²) in [4.78, 5) is 19.0. The number of hydrogen-bond donors (Lipinski definition) is 0. The molecule has 0 atom stereocenters. The Morgan fingerprint density at radius 2 is 1.64 bits per heavy atom. The molecule has 2 aliphatic rings. The zero-order valence-electron chi connectivity index (χ0n) is 16.1. The average Bonchev–Trinajstić information content (AvgIpc) is 2.93. The highest BCUT2D eigenvalue weighted by atomic mass is 32.2. The molecule has 4 heterocycles. The van der Waals surface area contributed by atoms with Crippen molar-refractivity contribution in [3.8, 4) is 0 Å². The summed E-state index contributed by atoms with van der Waals surface area (Å²) in [6, 6.07) is 1.80. The fourth-order valence-electron chi connectivity index (χ4n) is 3.91. The van der Waals surface area contributed by atoms with E-state index in [4.69, 9.17) is 0 Å². The Morgan fingerprint density at radius 1 is 0.929 bits per heavy atom. The largest absolute Gasteiger partial charge is 0.337 e. The van der Waals surface area contributed by atoms with Crippen molar-refractivity contribution < 1.29 is 13.2 Å². The molecule has 2 aromatic rings. The van der Waals surface area contributed by atoms with E-state index in [1.54, 1.807) is 32.3 Å². The van der Waals surface area contributed by atoms with E-state index in [0.717, 1.165) is 30.3 Å². The molecule has 2 aromatic heterocycles. The van der Waals surface area contributed by atoms with Crippen LogP contribution in [-0.2, 0) is 17.3 Å². The molecule has 0 bridgehead atoms. The Kier molecular flexibility index (Phi) is 5.35. The zero-order chi connectivity index (χ0) is 19.7. The predicted molar refractivity (Wildman–Crippen MR) is 105 cm³/mol. The third-order valence-corrected chi connectivity index (χ3v) is 7.59. The molecule has 0 N–H and O–H groups in total. The van der Waals surface area contributed by atoms with Crippen molar-refractivity contribution in [1.29, 1.82) is 0 Å². The molecule has 1 amide bonds. The minimum atomic E-state index is -3.44. The summed E-state index contributed by atoms with van der Waals surface area (Å²) < 4.78 is 30.7. The number of aryl methyl sites for hydroxylation is 1. The van der Waals surface area contributed by atoms with Crippen LogP contribution in [0.4, 0.5) is 0 Å². The van der Waals surface area contributed by atoms with Crippen molar-refractivity contribution in [3.63, 3.8) is 0 Å². The van der Waals surface area contributed by atoms with E-state index in [-0.39, 0.29) is 5.91 Å². The summed E-state index contributed by atoms with van der Waals surface area (Å²) in [6.07, 6.45) is 6.78. The van der Waals surface area contributed by atoms with E-state index in [1.165, 1.54) is 4.31 Å². The van der Waals surface area contributed by atoms with E-state index < -0.39 is 10.2 Å². The van der Waals surface area contributed by atoms with Crippen molar-refractivity contribution in [2.24, 2.45) is 7.05 Å². The van der Waals surface area contributed by atoms with Gasteiger partial charge >= 0.3 is 0 Å². The lowest BCUT2D eigenvalue weighted by molar-refractivity contribution is 0.0763. The molecular formula is C18H26N6O3S. The van der Waals surface area contributed by atoms with E-state index in [0.29, 0.717) is 51.3 Å². The second-order valence-electron chi connectivity index (χ2n) is 7.41. The summed E-state index contributed by atoms with van der Waals surface area (Å²) >= 11 is 0. The molecular weight excluding hydrogens is 380 g/mol. The minimum Gasteiger partial charge on any atom is -0.337 e. The number of nitrogens with zero attached hydrogens (tertiary/aromatic N) is 6. The van der Waals surface area contributed by atoms with Gasteiger partial charge in [0.15, 0.2) is 0 Å². The van der Waals surface area contributed by atoms with E-state index in [9.17, 15) is 13.2 Å². The van der Waals surface area contributed by atoms with Crippen molar-refractivity contribution in [2.75, 3.05) is 39.3 Å². The van der Waals surface area contributed by atoms with Crippen LogP contribution in [0.15, 0.2) is 18.5 Å². The number of amides is 1. The molecule has 152 valence electrons. The monoisotopic (exact) mass is 406 g/mol. The molecule has 0 unspecified atom stereocenters. The highest BCUT2D eigenvalue weighted by molar-refractivity contribution is 7.86. The number of piperidine rings is 1. The Hall–Kier alpha value is -2.04. The highest BCUT2D eigenvalue weighted by Gasteiger charge is 2.32. The number of aromatic nitrogens is 3. The Balaban J connectivity index is 1.47. The standard InChI is InChI=1S/C18H26N6O3S/c1-21-17-12-15(13-19-16(17)14-20-21)18(25)22-6-5-9-24(11-10-22)28(26,27)23-7-3-2-4-8-23/h12-14H,2-11H2,1H3. The smallest absolute Gasteiger partial charge is 0.282 e. The van der Waals surface area contributed by atoms with Crippen molar-refractivity contribution in [1.82, 2.24) is 28.3 Å². The molecule has 0 saturated carbocycles. The topological polar surface area (TPSA) is 91.6 Å². The lowest BCUT2D eigenvalue weighted by Gasteiger charge is -2.31. The molecule has 9 nitrogen and oxygen atoms in total. The van der Waals surface area contributed by atoms with E-state index in [2.05, 4.69) is 10.1 Å². The summed E-state index contributed by atoms with van der Waals surface area (Å²) in [6.45, 7) is 2.88. The summed E-state index contributed by atoms with van der Waals surface area (Å²) in [7, 11) is -1.63. The number of fused-ring (bicyclic) bond motifs is 1. The van der Waals surface area contributed by atoms with E-state index >= 15 is 0 Å². The Labute approximate surface area is 165 Å². The number of rotatable bonds is 3. The summed E-state index contributed by atoms with van der Waals surface area (Å²) in [5.74, 6) is -0.118. The van der Waals surface area contributed by atoms with Gasteiger partial charge in [0.05, 0.1) is 17.3 Å². The first kappa shape index (κ1) is 19.3. The predicted octanol–water partition coefficient (Wildman–Crippen LogP) is 0.847. The molecule has 0 aliphatic carbocycles. The first-order chi connectivity index (χ1) is 13.5. The molecule has 2 aliphatic heterocycles. The Bertz CT molecular complexity index is 967. The third-order valence-electron chi connectivity index (χ3n) is 5.56. The van der Waals surface area contributed by atoms with Crippen LogP contribution < -0.4 is 0 Å². The van der Waals surface area contributed by atoms with Crippen LogP contribution in [0.3, 0.4) is 0 Å². The van der Waals surface area contributed by atoms with Crippen LogP contribution in [0.25, 0.3) is 11.0 Å². The van der Waals surface area contributed by atoms with Gasteiger partial charge in [0.2, 0.25) is 0 Å². The molecule has 4 rings (SSSR count). The van der Waals surface area contributed by atoms with Gasteiger partial charge in [-0.05, 0) is 25.3 Å². The maximum absolute atomic E-state index is 13.0. The average molecular weight is 407 g/mol. The van der Waals surface area contributed by atoms with Crippen LogP contribution in [0.5, 0.6) is 0 Å². The normalized spacial score (nSPS) is 20.4. The van der Waals surface area contributed by atoms with Crippen LogP contribution in [-0.4, -0.2) is 81.9 Å². The van der Waals surface area contributed by atoms with Crippen LogP contribution in [0.2, 0.25) is 0 Å². The van der Waals surface area contributed by atoms with Gasteiger partial charge in [0.1, 0.15) is 5.52 Å². The lowest BCUT2D eigenvalue weighted by Crippen LogP contribution is -2.47. The number of hydrogen-bond acceptors (Lipinski definition) is 5. The summed E-state index contributed by atoms with van der Waals surface area (Å²) in [5, 5.41) is 4.16. The van der Waals surface area contributed by atoms with Crippen molar-refractivity contribution >= 4 is 27.1 Å². The van der Waals surface area contributed by atoms with Gasteiger partial charge in [0, 0.05) is 52.5 Å². The van der Waals surface area contributed by atoms with Crippen LogP contribution in [0, 0.1) is 0 Å². The second kappa shape index (κ2) is 7.76. The van der Waals surface area contributed by atoms with Gasteiger partial charge in [0.25, 0.3) is 16.1 Å². The molecule has 28 heavy (non-hydrogen) atoms. The zero-order valence-corrected chi connectivity index (χ0v) is 16.9. The van der Waals surface area contributed by atoms with Crippen molar-refractivity contribution in [3.05, 3.63) is 24.0 Å². The van der Waals surface area contributed by atoms with Crippen LogP contribution in [0.1, 0.15) is 36.0 Å². The molecule has 2 fully saturated rings. The number of carbonyl (C=O) groups is 1. The Morgan fingerprint density at radius 3 is 2.43 bits per heavy atom. The van der Waals surface area contributed by atoms with Crippen LogP contribution >= 0.6 is 0 Å². The first-order valence-electron chi connectivity index (χ1n) is 9.79. The molecule has 2 saturated heterocycles. The number of pyridine rings is 1. The second-order valence-corrected chi connectivity index (χ2v) is 9.34. The highest BCUT2D eigenvalue weighted by Crippen LogP contribution is 2.19. The van der Waals surface area contributed by atoms with Gasteiger partial charge in [-0.1, -0.05) is 6.42 Å². The van der Waals surface area contributed by atoms with E-state index in [1.807, 2.05) is 7.05 Å². The molecule has 0 spiro atoms. The SMILES string of the molecule is Cn1ncc2ncc(C(=O)N3CCCN(S(=O)(=O)N4CCCCC4)CC3)cc21. The van der Waals surface area contributed by atoms with Gasteiger partial charge in [-0.15, -0.1) is 0 Å². The fraction of sp³-hybridized carbons (Fsp3) is 0.611. The third kappa shape index (κ3) is 3.63. The quantitative estimate of drug-likeness (QED) is 0.754. The maximum atomic E-state index is 13.0. The van der Waals surface area contributed by atoms with Gasteiger partial charge in [-0.3, -0.25) is 14.5 Å². The van der Waals surface area contributed by atoms with Gasteiger partial charge in [-0.25, -0.2) is 0 Å². The molecule has 10 heteroatoms. The molecule has 0 aromatic carbocycles. The van der Waals surface area contributed by atoms with Gasteiger partial charge in [-0.2, -0.15) is 22.1 Å². The van der Waals surface area contributed by atoms with Gasteiger partial charge < -0.3 is 4.90 Å².